The molecule has 0 heterocycles. The summed E-state index contributed by atoms with van der Waals surface area (Å²) >= 11 is 5.95. The number of hydrogen-bond acceptors (Lipinski definition) is 4. The highest BCUT2D eigenvalue weighted by Crippen LogP contribution is 2.22. The van der Waals surface area contributed by atoms with Gasteiger partial charge in [-0.25, -0.2) is 0 Å². The van der Waals surface area contributed by atoms with Crippen LogP contribution in [0.5, 0.6) is 0 Å². The van der Waals surface area contributed by atoms with E-state index in [-0.39, 0.29) is 5.91 Å². The smallest absolute Gasteiger partial charge is 0.327 e. The second-order valence-electron chi connectivity index (χ2n) is 5.06. The van der Waals surface area contributed by atoms with Crippen molar-refractivity contribution in [2.45, 2.75) is 27.2 Å². The van der Waals surface area contributed by atoms with Crippen molar-refractivity contribution in [3.8, 4) is 0 Å². The zero-order valence-electron chi connectivity index (χ0n) is 13.8. The first-order valence-electron chi connectivity index (χ1n) is 7.43. The summed E-state index contributed by atoms with van der Waals surface area (Å²) in [5.41, 5.74) is 6.22. The number of halogens is 1. The molecule has 7 nitrogen and oxygen atoms in total. The van der Waals surface area contributed by atoms with Gasteiger partial charge in [0.2, 0.25) is 5.91 Å². The third-order valence-electron chi connectivity index (χ3n) is 2.99. The second-order valence-corrected chi connectivity index (χ2v) is 5.47. The van der Waals surface area contributed by atoms with Crippen LogP contribution in [0.25, 0.3) is 0 Å². The molecular weight excluding hydrogens is 332 g/mol. The number of amides is 3. The maximum atomic E-state index is 11.8. The molecule has 1 aromatic rings. The van der Waals surface area contributed by atoms with Gasteiger partial charge in [-0.1, -0.05) is 24.6 Å². The van der Waals surface area contributed by atoms with Crippen molar-refractivity contribution in [1.82, 2.24) is 16.2 Å². The molecule has 1 rings (SSSR count). The summed E-state index contributed by atoms with van der Waals surface area (Å²) in [5.74, 6) is -2.03. The molecule has 0 saturated heterocycles. The normalized spacial score (nSPS) is 10.8. The summed E-state index contributed by atoms with van der Waals surface area (Å²) in [6, 6.07) is 5.00. The lowest BCUT2D eigenvalue weighted by Crippen LogP contribution is -2.43. The van der Waals surface area contributed by atoms with Gasteiger partial charge in [0.15, 0.2) is 0 Å². The number of hydrogen-bond donors (Lipinski definition) is 4. The fourth-order valence-electron chi connectivity index (χ4n) is 1.67. The quantitative estimate of drug-likeness (QED) is 0.355. The molecule has 0 saturated carbocycles. The minimum Gasteiger partial charge on any atom is -0.353 e. The highest BCUT2D eigenvalue weighted by Gasteiger charge is 2.15. The van der Waals surface area contributed by atoms with Crippen LogP contribution < -0.4 is 21.5 Å². The van der Waals surface area contributed by atoms with E-state index in [1.165, 1.54) is 6.08 Å². The summed E-state index contributed by atoms with van der Waals surface area (Å²) in [7, 11) is 0. The Bertz CT molecular complexity index is 659. The van der Waals surface area contributed by atoms with Crippen molar-refractivity contribution in [2.75, 3.05) is 11.9 Å². The van der Waals surface area contributed by atoms with Gasteiger partial charge in [0.25, 0.3) is 0 Å². The molecule has 0 spiro atoms. The van der Waals surface area contributed by atoms with E-state index in [0.717, 1.165) is 6.42 Å². The van der Waals surface area contributed by atoms with Crippen LogP contribution in [0.3, 0.4) is 0 Å². The van der Waals surface area contributed by atoms with E-state index < -0.39 is 11.8 Å². The van der Waals surface area contributed by atoms with Gasteiger partial charge >= 0.3 is 11.8 Å². The average Bonchev–Trinajstić information content (AvgIpc) is 2.54. The van der Waals surface area contributed by atoms with Crippen molar-refractivity contribution in [1.29, 1.82) is 0 Å². The molecule has 24 heavy (non-hydrogen) atoms. The molecule has 4 N–H and O–H groups in total. The highest BCUT2D eigenvalue weighted by molar-refractivity contribution is 6.40. The fraction of sp³-hybridized carbons (Fsp3) is 0.312. The van der Waals surface area contributed by atoms with Crippen molar-refractivity contribution >= 4 is 35.0 Å². The molecule has 1 aromatic carbocycles. The minimum atomic E-state index is -0.893. The summed E-state index contributed by atoms with van der Waals surface area (Å²) < 4.78 is 0. The maximum absolute atomic E-state index is 11.8. The number of allylic oxidation sites excluding steroid dienone is 1. The van der Waals surface area contributed by atoms with Gasteiger partial charge < -0.3 is 16.1 Å². The van der Waals surface area contributed by atoms with Crippen LogP contribution in [-0.2, 0) is 14.4 Å². The van der Waals surface area contributed by atoms with Crippen LogP contribution in [0.4, 0.5) is 5.69 Å². The minimum absolute atomic E-state index is 0.282. The molecule has 0 aliphatic carbocycles. The molecule has 3 amide bonds. The third-order valence-corrected chi connectivity index (χ3v) is 3.40. The molecule has 130 valence electrons. The van der Waals surface area contributed by atoms with Gasteiger partial charge in [0, 0.05) is 29.0 Å². The Kier molecular flexibility index (Phi) is 7.77. The Balaban J connectivity index is 2.52. The van der Waals surface area contributed by atoms with Crippen molar-refractivity contribution in [2.24, 2.45) is 0 Å². The molecular formula is C16H21ClN4O3. The highest BCUT2D eigenvalue weighted by atomic mass is 35.5. The number of rotatable bonds is 6. The van der Waals surface area contributed by atoms with E-state index in [9.17, 15) is 14.4 Å². The monoisotopic (exact) mass is 352 g/mol. The predicted molar refractivity (Wildman–Crippen MR) is 93.2 cm³/mol. The van der Waals surface area contributed by atoms with Crippen LogP contribution in [0.1, 0.15) is 25.8 Å². The number of carbonyl (C=O) groups is 3. The van der Waals surface area contributed by atoms with Crippen LogP contribution in [0.2, 0.25) is 5.02 Å². The van der Waals surface area contributed by atoms with Crippen LogP contribution in [0, 0.1) is 6.92 Å². The first-order chi connectivity index (χ1) is 11.3. The topological polar surface area (TPSA) is 99.3 Å². The van der Waals surface area contributed by atoms with Gasteiger partial charge in [0.1, 0.15) is 0 Å². The van der Waals surface area contributed by atoms with E-state index in [2.05, 4.69) is 21.5 Å². The number of hydrazine groups is 1. The van der Waals surface area contributed by atoms with Gasteiger partial charge in [-0.2, -0.15) is 0 Å². The van der Waals surface area contributed by atoms with E-state index in [0.29, 0.717) is 28.5 Å². The van der Waals surface area contributed by atoms with Gasteiger partial charge in [-0.05, 0) is 38.0 Å². The molecule has 0 atom stereocenters. The first-order valence-corrected chi connectivity index (χ1v) is 7.81. The number of carbonyl (C=O) groups excluding carboxylic acids is 3. The fourth-order valence-corrected chi connectivity index (χ4v) is 1.84. The molecule has 0 fully saturated rings. The Hall–Kier alpha value is -2.54. The third kappa shape index (κ3) is 6.29. The molecule has 0 aromatic heterocycles. The van der Waals surface area contributed by atoms with Crippen LogP contribution in [0.15, 0.2) is 30.0 Å². The van der Waals surface area contributed by atoms with E-state index in [1.54, 1.807) is 32.0 Å². The predicted octanol–water partition coefficient (Wildman–Crippen LogP) is 1.64. The van der Waals surface area contributed by atoms with Crippen molar-refractivity contribution < 1.29 is 14.4 Å². The van der Waals surface area contributed by atoms with Crippen molar-refractivity contribution in [3.63, 3.8) is 0 Å². The summed E-state index contributed by atoms with van der Waals surface area (Å²) in [6.45, 7) is 5.83. The zero-order chi connectivity index (χ0) is 18.1. The summed E-state index contributed by atoms with van der Waals surface area (Å²) in [6.07, 6.45) is 2.11. The molecule has 0 aliphatic rings. The van der Waals surface area contributed by atoms with Crippen LogP contribution >= 0.6 is 11.6 Å². The SMILES string of the molecule is CCCNC(=O)C=C(C)NNC(=O)C(=O)Nc1cccc(Cl)c1C. The number of anilines is 1. The summed E-state index contributed by atoms with van der Waals surface area (Å²) in [5, 5.41) is 5.62. The lowest BCUT2D eigenvalue weighted by Gasteiger charge is -2.11. The lowest BCUT2D eigenvalue weighted by atomic mass is 10.2. The standard InChI is InChI=1S/C16H21ClN4O3/c1-4-8-18-14(22)9-10(2)20-21-16(24)15(23)19-13-7-5-6-12(17)11(13)3/h5-7,9,20H,4,8H2,1-3H3,(H,18,22)(H,19,23)(H,21,24). The number of benzene rings is 1. The molecule has 0 aliphatic heterocycles. The van der Waals surface area contributed by atoms with Crippen molar-refractivity contribution in [3.05, 3.63) is 40.6 Å². The summed E-state index contributed by atoms with van der Waals surface area (Å²) in [4.78, 5) is 35.1. The van der Waals surface area contributed by atoms with E-state index in [1.807, 2.05) is 6.92 Å². The Morgan fingerprint density at radius 2 is 1.88 bits per heavy atom. The molecule has 8 heteroatoms. The zero-order valence-corrected chi connectivity index (χ0v) is 14.6. The molecule has 0 unspecified atom stereocenters. The Morgan fingerprint density at radius 1 is 1.17 bits per heavy atom. The lowest BCUT2D eigenvalue weighted by molar-refractivity contribution is -0.136. The largest absolute Gasteiger partial charge is 0.353 e. The van der Waals surface area contributed by atoms with E-state index >= 15 is 0 Å². The second kappa shape index (κ2) is 9.57. The Labute approximate surface area is 145 Å². The van der Waals surface area contributed by atoms with Gasteiger partial charge in [-0.3, -0.25) is 19.8 Å². The first kappa shape index (κ1) is 19.5. The molecule has 0 bridgehead atoms. The van der Waals surface area contributed by atoms with Crippen LogP contribution in [-0.4, -0.2) is 24.3 Å². The average molecular weight is 353 g/mol. The van der Waals surface area contributed by atoms with Gasteiger partial charge in [-0.15, -0.1) is 0 Å². The Morgan fingerprint density at radius 3 is 2.54 bits per heavy atom. The molecule has 0 radical (unpaired) electrons. The van der Waals surface area contributed by atoms with E-state index in [4.69, 9.17) is 11.6 Å². The maximum Gasteiger partial charge on any atom is 0.327 e. The number of nitrogens with one attached hydrogen (secondary N) is 4. The van der Waals surface area contributed by atoms with Gasteiger partial charge in [0.05, 0.1) is 0 Å².